The monoisotopic (exact) mass is 356 g/mol. The van der Waals surface area contributed by atoms with Gasteiger partial charge in [0.1, 0.15) is 5.78 Å². The van der Waals surface area contributed by atoms with Crippen molar-refractivity contribution in [3.05, 3.63) is 12.2 Å². The number of carboxylic acid groups (broad SMARTS) is 1. The molecule has 1 rings (SSSR count). The molecule has 1 aliphatic carbocycles. The Morgan fingerprint density at radius 2 is 1.76 bits per heavy atom. The number of aliphatic hydroxyl groups is 2. The average Bonchev–Trinajstić information content (AvgIpc) is 2.88. The summed E-state index contributed by atoms with van der Waals surface area (Å²) in [6.45, 7) is 4.24. The third kappa shape index (κ3) is 13.7. The van der Waals surface area contributed by atoms with E-state index in [-0.39, 0.29) is 18.1 Å². The van der Waals surface area contributed by atoms with E-state index >= 15 is 0 Å². The number of hydrogen-bond acceptors (Lipinski definition) is 4. The van der Waals surface area contributed by atoms with E-state index in [1.54, 1.807) is 12.2 Å². The molecule has 1 fully saturated rings. The van der Waals surface area contributed by atoms with E-state index in [9.17, 15) is 19.8 Å². The van der Waals surface area contributed by atoms with Crippen molar-refractivity contribution in [3.63, 3.8) is 0 Å². The predicted molar refractivity (Wildman–Crippen MR) is 99.4 cm³/mol. The maximum atomic E-state index is 11.1. The van der Waals surface area contributed by atoms with Crippen LogP contribution in [0.15, 0.2) is 12.2 Å². The molecule has 3 atom stereocenters. The maximum absolute atomic E-state index is 11.1. The summed E-state index contributed by atoms with van der Waals surface area (Å²) in [6, 6.07) is 0. The molecule has 0 aromatic heterocycles. The fourth-order valence-electron chi connectivity index (χ4n) is 2.74. The largest absolute Gasteiger partial charge is 0.481 e. The topological polar surface area (TPSA) is 94.8 Å². The van der Waals surface area contributed by atoms with Crippen LogP contribution in [0.4, 0.5) is 0 Å². The minimum absolute atomic E-state index is 0.0895. The lowest BCUT2D eigenvalue weighted by atomic mass is 10.0. The van der Waals surface area contributed by atoms with E-state index in [1.165, 1.54) is 6.42 Å². The number of ketones is 1. The zero-order valence-corrected chi connectivity index (χ0v) is 15.8. The Balaban J connectivity index is 0.000000547. The van der Waals surface area contributed by atoms with Crippen LogP contribution >= 0.6 is 0 Å². The van der Waals surface area contributed by atoms with Crippen LogP contribution in [0.1, 0.15) is 84.5 Å². The average molecular weight is 357 g/mol. The molecule has 25 heavy (non-hydrogen) atoms. The van der Waals surface area contributed by atoms with Crippen molar-refractivity contribution in [1.82, 2.24) is 0 Å². The highest BCUT2D eigenvalue weighted by atomic mass is 16.4. The van der Waals surface area contributed by atoms with Crippen LogP contribution in [0.5, 0.6) is 0 Å². The van der Waals surface area contributed by atoms with Gasteiger partial charge in [0.2, 0.25) is 0 Å². The van der Waals surface area contributed by atoms with Crippen molar-refractivity contribution < 1.29 is 24.9 Å². The van der Waals surface area contributed by atoms with Gasteiger partial charge < -0.3 is 15.3 Å². The van der Waals surface area contributed by atoms with Gasteiger partial charge in [0, 0.05) is 25.2 Å². The highest BCUT2D eigenvalue weighted by Gasteiger charge is 2.29. The fraction of sp³-hybridized carbons (Fsp3) is 0.800. The van der Waals surface area contributed by atoms with Crippen LogP contribution in [-0.4, -0.2) is 39.3 Å². The molecule has 0 radical (unpaired) electrons. The molecule has 0 aromatic carbocycles. The molecule has 0 amide bonds. The summed E-state index contributed by atoms with van der Waals surface area (Å²) in [5, 5.41) is 27.4. The zero-order chi connectivity index (χ0) is 19.1. The van der Waals surface area contributed by atoms with Crippen molar-refractivity contribution in [2.24, 2.45) is 5.92 Å². The summed E-state index contributed by atoms with van der Waals surface area (Å²) >= 11 is 0. The number of carbonyl (C=O) groups is 2. The Kier molecular flexibility index (Phi) is 14.4. The molecule has 0 saturated heterocycles. The predicted octanol–water partition coefficient (Wildman–Crippen LogP) is 3.87. The fourth-order valence-corrected chi connectivity index (χ4v) is 2.74. The van der Waals surface area contributed by atoms with Gasteiger partial charge in [0.15, 0.2) is 0 Å². The highest BCUT2D eigenvalue weighted by Crippen LogP contribution is 2.24. The molecule has 0 aromatic rings. The molecular weight excluding hydrogens is 320 g/mol. The molecule has 5 nitrogen and oxygen atoms in total. The van der Waals surface area contributed by atoms with E-state index in [2.05, 4.69) is 13.8 Å². The molecule has 3 N–H and O–H groups in total. The quantitative estimate of drug-likeness (QED) is 0.386. The van der Waals surface area contributed by atoms with E-state index in [1.807, 2.05) is 0 Å². The number of carbonyl (C=O) groups excluding carboxylic acids is 1. The standard InChI is InChI=1S/C13H22O3.C7H14O2/c1-2-3-4-5-11(14)7-6-10-8-12(15)9-13(10)16;1-2-3-4-5-6-7(8)9/h6-7,10-11,13-14,16H,2-5,8-9H2,1H3;2-6H2,1H3,(H,8,9)/b7-6+;. The van der Waals surface area contributed by atoms with Crippen LogP contribution in [0.2, 0.25) is 0 Å². The lowest BCUT2D eigenvalue weighted by Crippen LogP contribution is -2.11. The summed E-state index contributed by atoms with van der Waals surface area (Å²) in [7, 11) is 0. The molecule has 5 heteroatoms. The smallest absolute Gasteiger partial charge is 0.303 e. The molecule has 146 valence electrons. The number of Topliss-reactive ketones (excluding diaryl/α,β-unsaturated/α-hetero) is 1. The van der Waals surface area contributed by atoms with Crippen molar-refractivity contribution in [1.29, 1.82) is 0 Å². The molecule has 1 aliphatic rings. The van der Waals surface area contributed by atoms with Crippen molar-refractivity contribution >= 4 is 11.8 Å². The third-order valence-electron chi connectivity index (χ3n) is 4.32. The van der Waals surface area contributed by atoms with E-state index in [0.29, 0.717) is 12.8 Å². The maximum Gasteiger partial charge on any atom is 0.303 e. The van der Waals surface area contributed by atoms with Crippen molar-refractivity contribution in [2.75, 3.05) is 0 Å². The molecule has 0 heterocycles. The SMILES string of the molecule is CCCCCC(O)/C=C/C1CC(=O)CC1O.CCCCCCC(=O)O. The summed E-state index contributed by atoms with van der Waals surface area (Å²) in [5.74, 6) is -0.651. The first-order valence-corrected chi connectivity index (χ1v) is 9.68. The molecule has 0 bridgehead atoms. The minimum Gasteiger partial charge on any atom is -0.481 e. The van der Waals surface area contributed by atoms with E-state index < -0.39 is 18.2 Å². The zero-order valence-electron chi connectivity index (χ0n) is 15.8. The van der Waals surface area contributed by atoms with Crippen LogP contribution in [0.3, 0.4) is 0 Å². The van der Waals surface area contributed by atoms with E-state index in [0.717, 1.165) is 44.9 Å². The van der Waals surface area contributed by atoms with Gasteiger partial charge in [-0.3, -0.25) is 9.59 Å². The van der Waals surface area contributed by atoms with Crippen molar-refractivity contribution in [2.45, 2.75) is 96.7 Å². The Morgan fingerprint density at radius 3 is 2.28 bits per heavy atom. The van der Waals surface area contributed by atoms with E-state index in [4.69, 9.17) is 5.11 Å². The lowest BCUT2D eigenvalue weighted by Gasteiger charge is -2.09. The first-order valence-electron chi connectivity index (χ1n) is 9.68. The molecule has 3 unspecified atom stereocenters. The lowest BCUT2D eigenvalue weighted by molar-refractivity contribution is -0.137. The Bertz CT molecular complexity index is 392. The van der Waals surface area contributed by atoms with Gasteiger partial charge >= 0.3 is 5.97 Å². The van der Waals surface area contributed by atoms with Gasteiger partial charge in [-0.15, -0.1) is 0 Å². The Hall–Kier alpha value is -1.20. The number of aliphatic carboxylic acids is 1. The van der Waals surface area contributed by atoms with Crippen LogP contribution < -0.4 is 0 Å². The molecule has 0 aliphatic heterocycles. The van der Waals surface area contributed by atoms with Gasteiger partial charge in [0.25, 0.3) is 0 Å². The highest BCUT2D eigenvalue weighted by molar-refractivity contribution is 5.81. The Labute approximate surface area is 152 Å². The van der Waals surface area contributed by atoms with Gasteiger partial charge in [-0.25, -0.2) is 0 Å². The van der Waals surface area contributed by atoms with Crippen molar-refractivity contribution in [3.8, 4) is 0 Å². The third-order valence-corrected chi connectivity index (χ3v) is 4.32. The number of unbranched alkanes of at least 4 members (excludes halogenated alkanes) is 5. The molecular formula is C20H36O5. The second kappa shape index (κ2) is 15.1. The van der Waals surface area contributed by atoms with Gasteiger partial charge in [0.05, 0.1) is 12.2 Å². The number of hydrogen-bond donors (Lipinski definition) is 3. The van der Waals surface area contributed by atoms with Gasteiger partial charge in [-0.2, -0.15) is 0 Å². The number of rotatable bonds is 11. The number of carboxylic acids is 1. The Morgan fingerprint density at radius 1 is 1.12 bits per heavy atom. The first-order chi connectivity index (χ1) is 11.9. The van der Waals surface area contributed by atoms with Gasteiger partial charge in [-0.05, 0) is 12.8 Å². The normalized spacial score (nSPS) is 21.2. The molecule has 0 spiro atoms. The second-order valence-corrected chi connectivity index (χ2v) is 6.83. The van der Waals surface area contributed by atoms with Crippen LogP contribution in [0.25, 0.3) is 0 Å². The first kappa shape index (κ1) is 23.8. The summed E-state index contributed by atoms with van der Waals surface area (Å²) in [6.07, 6.45) is 11.8. The summed E-state index contributed by atoms with van der Waals surface area (Å²) in [5.41, 5.74) is 0. The number of aliphatic hydroxyl groups excluding tert-OH is 2. The minimum atomic E-state index is -0.675. The van der Waals surface area contributed by atoms with Crippen LogP contribution in [0, 0.1) is 5.92 Å². The van der Waals surface area contributed by atoms with Gasteiger partial charge in [-0.1, -0.05) is 64.5 Å². The van der Waals surface area contributed by atoms with Crippen LogP contribution in [-0.2, 0) is 9.59 Å². The summed E-state index contributed by atoms with van der Waals surface area (Å²) < 4.78 is 0. The molecule has 1 saturated carbocycles. The summed E-state index contributed by atoms with van der Waals surface area (Å²) in [4.78, 5) is 21.0. The second-order valence-electron chi connectivity index (χ2n) is 6.83.